The van der Waals surface area contributed by atoms with Gasteiger partial charge in [0, 0.05) is 8.95 Å². The molecule has 1 atom stereocenters. The minimum atomic E-state index is -0.467. The first kappa shape index (κ1) is 15.6. The summed E-state index contributed by atoms with van der Waals surface area (Å²) in [7, 11) is 0. The first-order valence-corrected chi connectivity index (χ1v) is 7.45. The normalized spacial score (nSPS) is 12.4. The van der Waals surface area contributed by atoms with Crippen molar-refractivity contribution in [3.8, 4) is 0 Å². The zero-order chi connectivity index (χ0) is 14.7. The fourth-order valence-corrected chi connectivity index (χ4v) is 2.86. The molecule has 0 aliphatic rings. The second kappa shape index (κ2) is 6.76. The lowest BCUT2D eigenvalue weighted by Gasteiger charge is -2.18. The van der Waals surface area contributed by atoms with Gasteiger partial charge in [-0.05, 0) is 53.9 Å². The van der Waals surface area contributed by atoms with Crippen LogP contribution in [0, 0.1) is 11.6 Å². The first-order valence-electron chi connectivity index (χ1n) is 5.86. The van der Waals surface area contributed by atoms with Gasteiger partial charge in [-0.15, -0.1) is 0 Å². The van der Waals surface area contributed by atoms with Crippen LogP contribution >= 0.6 is 31.9 Å². The lowest BCUT2D eigenvalue weighted by Crippen LogP contribution is -2.30. The summed E-state index contributed by atoms with van der Waals surface area (Å²) >= 11 is 6.82. The standard InChI is InChI=1S/C14H12Br2F2N2/c15-9-1-3-12(16)11(7-9)14(20-19)6-8-5-10(17)2-4-13(8)18/h1-5,7,14,20H,6,19H2. The van der Waals surface area contributed by atoms with Crippen LogP contribution in [0.15, 0.2) is 45.3 Å². The molecule has 3 N–H and O–H groups in total. The quantitative estimate of drug-likeness (QED) is 0.589. The number of nitrogens with one attached hydrogen (secondary N) is 1. The second-order valence-electron chi connectivity index (χ2n) is 4.32. The van der Waals surface area contributed by atoms with Crippen LogP contribution in [0.4, 0.5) is 8.78 Å². The maximum atomic E-state index is 13.7. The van der Waals surface area contributed by atoms with Crippen LogP contribution < -0.4 is 11.3 Å². The van der Waals surface area contributed by atoms with Crippen LogP contribution in [0.1, 0.15) is 17.2 Å². The molecule has 0 saturated carbocycles. The van der Waals surface area contributed by atoms with E-state index in [0.29, 0.717) is 0 Å². The number of benzene rings is 2. The Balaban J connectivity index is 2.33. The van der Waals surface area contributed by atoms with Gasteiger partial charge in [-0.25, -0.2) is 8.78 Å². The highest BCUT2D eigenvalue weighted by molar-refractivity contribution is 9.11. The molecule has 0 bridgehead atoms. The number of hydrazine groups is 1. The molecule has 0 aromatic heterocycles. The molecule has 0 aliphatic carbocycles. The van der Waals surface area contributed by atoms with E-state index in [1.807, 2.05) is 18.2 Å². The van der Waals surface area contributed by atoms with Crippen LogP contribution in [0.25, 0.3) is 0 Å². The van der Waals surface area contributed by atoms with E-state index >= 15 is 0 Å². The van der Waals surface area contributed by atoms with Crippen molar-refractivity contribution in [1.82, 2.24) is 5.43 Å². The Labute approximate surface area is 132 Å². The lowest BCUT2D eigenvalue weighted by atomic mass is 9.99. The van der Waals surface area contributed by atoms with Gasteiger partial charge in [-0.2, -0.15) is 0 Å². The molecule has 1 unspecified atom stereocenters. The summed E-state index contributed by atoms with van der Waals surface area (Å²) in [6, 6.07) is 8.69. The van der Waals surface area contributed by atoms with Gasteiger partial charge in [0.2, 0.25) is 0 Å². The van der Waals surface area contributed by atoms with E-state index in [2.05, 4.69) is 37.3 Å². The van der Waals surface area contributed by atoms with E-state index in [9.17, 15) is 8.78 Å². The van der Waals surface area contributed by atoms with Crippen molar-refractivity contribution in [3.63, 3.8) is 0 Å². The van der Waals surface area contributed by atoms with Crippen molar-refractivity contribution in [2.45, 2.75) is 12.5 Å². The van der Waals surface area contributed by atoms with Gasteiger partial charge < -0.3 is 0 Å². The van der Waals surface area contributed by atoms with Gasteiger partial charge in [0.1, 0.15) is 11.6 Å². The topological polar surface area (TPSA) is 38.0 Å². The summed E-state index contributed by atoms with van der Waals surface area (Å²) in [5.41, 5.74) is 3.79. The molecule has 0 fully saturated rings. The van der Waals surface area contributed by atoms with Crippen LogP contribution in [-0.4, -0.2) is 0 Å². The number of hydrogen-bond acceptors (Lipinski definition) is 2. The van der Waals surface area contributed by atoms with Crippen molar-refractivity contribution >= 4 is 31.9 Å². The Hall–Kier alpha value is -0.820. The van der Waals surface area contributed by atoms with Gasteiger partial charge in [0.05, 0.1) is 6.04 Å². The van der Waals surface area contributed by atoms with Gasteiger partial charge >= 0.3 is 0 Å². The minimum absolute atomic E-state index is 0.245. The molecule has 2 rings (SSSR count). The summed E-state index contributed by atoms with van der Waals surface area (Å²) in [5.74, 6) is 4.64. The van der Waals surface area contributed by atoms with Crippen molar-refractivity contribution < 1.29 is 8.78 Å². The summed E-state index contributed by atoms with van der Waals surface area (Å²) in [4.78, 5) is 0. The maximum Gasteiger partial charge on any atom is 0.126 e. The van der Waals surface area contributed by atoms with E-state index in [1.165, 1.54) is 6.07 Å². The zero-order valence-corrected chi connectivity index (χ0v) is 13.5. The van der Waals surface area contributed by atoms with Crippen LogP contribution in [0.3, 0.4) is 0 Å². The molecule has 2 aromatic rings. The van der Waals surface area contributed by atoms with Gasteiger partial charge in [0.15, 0.2) is 0 Å². The SMILES string of the molecule is NNC(Cc1cc(F)ccc1F)c1cc(Br)ccc1Br. The average Bonchev–Trinajstić information content (AvgIpc) is 2.42. The lowest BCUT2D eigenvalue weighted by molar-refractivity contribution is 0.521. The molecular weight excluding hydrogens is 394 g/mol. The molecule has 6 heteroatoms. The largest absolute Gasteiger partial charge is 0.271 e. The highest BCUT2D eigenvalue weighted by Gasteiger charge is 2.16. The Morgan fingerprint density at radius 2 is 1.85 bits per heavy atom. The Morgan fingerprint density at radius 1 is 1.10 bits per heavy atom. The van der Waals surface area contributed by atoms with Gasteiger partial charge in [-0.1, -0.05) is 31.9 Å². The van der Waals surface area contributed by atoms with Crippen LogP contribution in [0.2, 0.25) is 0 Å². The monoisotopic (exact) mass is 404 g/mol. The van der Waals surface area contributed by atoms with Crippen molar-refractivity contribution in [1.29, 1.82) is 0 Å². The number of nitrogens with two attached hydrogens (primary N) is 1. The molecule has 0 radical (unpaired) electrons. The van der Waals surface area contributed by atoms with E-state index in [1.54, 1.807) is 0 Å². The third-order valence-electron chi connectivity index (χ3n) is 2.97. The van der Waals surface area contributed by atoms with Crippen molar-refractivity contribution in [2.75, 3.05) is 0 Å². The molecule has 106 valence electrons. The molecular formula is C14H12Br2F2N2. The van der Waals surface area contributed by atoms with Gasteiger partial charge in [0.25, 0.3) is 0 Å². The van der Waals surface area contributed by atoms with Crippen LogP contribution in [0.5, 0.6) is 0 Å². The average molecular weight is 406 g/mol. The van der Waals surface area contributed by atoms with E-state index < -0.39 is 11.6 Å². The number of hydrogen-bond donors (Lipinski definition) is 2. The maximum absolute atomic E-state index is 13.7. The molecule has 0 amide bonds. The van der Waals surface area contributed by atoms with E-state index in [-0.39, 0.29) is 18.0 Å². The fraction of sp³-hybridized carbons (Fsp3) is 0.143. The predicted molar refractivity (Wildman–Crippen MR) is 82.0 cm³/mol. The van der Waals surface area contributed by atoms with Crippen LogP contribution in [-0.2, 0) is 6.42 Å². The fourth-order valence-electron chi connectivity index (χ4n) is 1.96. The smallest absolute Gasteiger partial charge is 0.126 e. The summed E-state index contributed by atoms with van der Waals surface area (Å²) in [6.45, 7) is 0. The Morgan fingerprint density at radius 3 is 2.55 bits per heavy atom. The molecule has 0 saturated heterocycles. The predicted octanol–water partition coefficient (Wildman–Crippen LogP) is 4.24. The van der Waals surface area contributed by atoms with Crippen molar-refractivity contribution in [3.05, 3.63) is 68.1 Å². The molecule has 20 heavy (non-hydrogen) atoms. The third-order valence-corrected chi connectivity index (χ3v) is 4.18. The van der Waals surface area contributed by atoms with E-state index in [0.717, 1.165) is 26.6 Å². The highest BCUT2D eigenvalue weighted by Crippen LogP contribution is 2.29. The van der Waals surface area contributed by atoms with Crippen molar-refractivity contribution in [2.24, 2.45) is 5.84 Å². The molecule has 0 aliphatic heterocycles. The summed E-state index contributed by atoms with van der Waals surface area (Å²) in [5, 5.41) is 0. The molecule has 2 nitrogen and oxygen atoms in total. The summed E-state index contributed by atoms with van der Waals surface area (Å²) < 4.78 is 28.7. The molecule has 0 heterocycles. The Kier molecular flexibility index (Phi) is 5.26. The first-order chi connectivity index (χ1) is 9.51. The zero-order valence-electron chi connectivity index (χ0n) is 10.3. The summed E-state index contributed by atoms with van der Waals surface area (Å²) in [6.07, 6.45) is 0.245. The Bertz CT molecular complexity index is 620. The van der Waals surface area contributed by atoms with Gasteiger partial charge in [-0.3, -0.25) is 11.3 Å². The second-order valence-corrected chi connectivity index (χ2v) is 6.09. The molecule has 0 spiro atoms. The third kappa shape index (κ3) is 3.63. The highest BCUT2D eigenvalue weighted by atomic mass is 79.9. The molecule has 2 aromatic carbocycles. The number of halogens is 4. The minimum Gasteiger partial charge on any atom is -0.271 e. The van der Waals surface area contributed by atoms with E-state index in [4.69, 9.17) is 5.84 Å². The number of rotatable bonds is 4.